The summed E-state index contributed by atoms with van der Waals surface area (Å²) in [5, 5.41) is 12.6. The molecule has 2 aromatic rings. The van der Waals surface area contributed by atoms with E-state index < -0.39 is 0 Å². The van der Waals surface area contributed by atoms with E-state index in [0.29, 0.717) is 11.7 Å². The lowest BCUT2D eigenvalue weighted by atomic mass is 9.97. The summed E-state index contributed by atoms with van der Waals surface area (Å²) in [5.74, 6) is 0.821. The van der Waals surface area contributed by atoms with E-state index in [2.05, 4.69) is 33.4 Å². The molecule has 1 atom stereocenters. The van der Waals surface area contributed by atoms with E-state index in [9.17, 15) is 9.18 Å². The largest absolute Gasteiger partial charge is 0.355 e. The Morgan fingerprint density at radius 2 is 1.91 bits per heavy atom. The fourth-order valence-electron chi connectivity index (χ4n) is 4.62. The van der Waals surface area contributed by atoms with Crippen molar-refractivity contribution in [1.29, 1.82) is 0 Å². The van der Waals surface area contributed by atoms with Gasteiger partial charge in [0, 0.05) is 12.2 Å². The third-order valence-electron chi connectivity index (χ3n) is 6.54. The molecule has 1 aliphatic heterocycles. The van der Waals surface area contributed by atoms with E-state index >= 15 is 0 Å². The van der Waals surface area contributed by atoms with Crippen molar-refractivity contribution in [3.63, 3.8) is 0 Å². The fraction of sp³-hybridized carbons (Fsp3) is 0.560. The molecule has 2 heterocycles. The standard InChI is InChI=1S/C25H34FN5OS/c1-19(30-16-6-3-7-17-30)24-28-29-25(31(24)22-12-10-21(26)11-13-22)33-18-23(32)27-15-14-20-8-4-2-5-9-20/h8,10-13,19H,2-7,9,14-18H2,1H3,(H,27,32)/t19-/m1/s1. The molecular weight excluding hydrogens is 437 g/mol. The molecule has 1 N–H and O–H groups in total. The highest BCUT2D eigenvalue weighted by Crippen LogP contribution is 2.29. The summed E-state index contributed by atoms with van der Waals surface area (Å²) in [7, 11) is 0. The topological polar surface area (TPSA) is 63.1 Å². The smallest absolute Gasteiger partial charge is 0.230 e. The number of hydrogen-bond donors (Lipinski definition) is 1. The molecule has 1 aliphatic carbocycles. The quantitative estimate of drug-likeness (QED) is 0.409. The van der Waals surface area contributed by atoms with Gasteiger partial charge < -0.3 is 5.32 Å². The number of carbonyl (C=O) groups excluding carboxylic acids is 1. The predicted molar refractivity (Wildman–Crippen MR) is 130 cm³/mol. The van der Waals surface area contributed by atoms with Gasteiger partial charge in [0.15, 0.2) is 11.0 Å². The Balaban J connectivity index is 1.43. The Morgan fingerprint density at radius 3 is 2.64 bits per heavy atom. The third-order valence-corrected chi connectivity index (χ3v) is 7.47. The lowest BCUT2D eigenvalue weighted by Gasteiger charge is -2.31. The summed E-state index contributed by atoms with van der Waals surface area (Å²) >= 11 is 1.38. The van der Waals surface area contributed by atoms with Gasteiger partial charge in [-0.05, 0) is 89.2 Å². The van der Waals surface area contributed by atoms with Crippen LogP contribution in [0.25, 0.3) is 5.69 Å². The van der Waals surface area contributed by atoms with Gasteiger partial charge in [0.2, 0.25) is 5.91 Å². The zero-order valence-corrected chi connectivity index (χ0v) is 20.2. The molecule has 0 bridgehead atoms. The second-order valence-electron chi connectivity index (χ2n) is 8.92. The molecule has 0 unspecified atom stereocenters. The molecule has 1 fully saturated rings. The number of thioether (sulfide) groups is 1. The first-order valence-electron chi connectivity index (χ1n) is 12.1. The van der Waals surface area contributed by atoms with Crippen molar-refractivity contribution in [2.45, 2.75) is 69.5 Å². The first-order chi connectivity index (χ1) is 16.1. The molecule has 1 aromatic heterocycles. The van der Waals surface area contributed by atoms with Crippen molar-refractivity contribution in [2.24, 2.45) is 0 Å². The zero-order chi connectivity index (χ0) is 23.0. The van der Waals surface area contributed by atoms with Crippen LogP contribution < -0.4 is 5.32 Å². The number of halogens is 1. The van der Waals surface area contributed by atoms with Crippen LogP contribution in [-0.4, -0.2) is 51.0 Å². The average Bonchev–Trinajstić information content (AvgIpc) is 3.28. The number of likely N-dealkylation sites (tertiary alicyclic amines) is 1. The van der Waals surface area contributed by atoms with Gasteiger partial charge in [-0.3, -0.25) is 14.3 Å². The maximum Gasteiger partial charge on any atom is 0.230 e. The normalized spacial score (nSPS) is 18.1. The first-order valence-corrected chi connectivity index (χ1v) is 13.1. The minimum Gasteiger partial charge on any atom is -0.355 e. The maximum atomic E-state index is 13.6. The number of rotatable bonds is 9. The molecule has 8 heteroatoms. The van der Waals surface area contributed by atoms with Gasteiger partial charge >= 0.3 is 0 Å². The molecule has 33 heavy (non-hydrogen) atoms. The molecule has 0 spiro atoms. The van der Waals surface area contributed by atoms with E-state index in [1.165, 1.54) is 61.6 Å². The molecule has 4 rings (SSSR count). The van der Waals surface area contributed by atoms with E-state index in [-0.39, 0.29) is 23.5 Å². The summed E-state index contributed by atoms with van der Waals surface area (Å²) in [4.78, 5) is 14.9. The molecular formula is C25H34FN5OS. The van der Waals surface area contributed by atoms with Gasteiger partial charge in [0.05, 0.1) is 11.8 Å². The van der Waals surface area contributed by atoms with Gasteiger partial charge in [0.25, 0.3) is 0 Å². The number of benzene rings is 1. The summed E-state index contributed by atoms with van der Waals surface area (Å²) in [6.45, 7) is 4.90. The average molecular weight is 472 g/mol. The van der Waals surface area contributed by atoms with Crippen LogP contribution in [0.15, 0.2) is 41.1 Å². The number of carbonyl (C=O) groups is 1. The Hall–Kier alpha value is -2.19. The van der Waals surface area contributed by atoms with E-state index in [1.807, 2.05) is 4.57 Å². The van der Waals surface area contributed by atoms with Gasteiger partial charge in [-0.25, -0.2) is 4.39 Å². The number of aromatic nitrogens is 3. The molecule has 6 nitrogen and oxygen atoms in total. The molecule has 0 saturated carbocycles. The lowest BCUT2D eigenvalue weighted by Crippen LogP contribution is -2.33. The van der Waals surface area contributed by atoms with Gasteiger partial charge in [-0.15, -0.1) is 10.2 Å². The molecule has 1 amide bonds. The fourth-order valence-corrected chi connectivity index (χ4v) is 5.41. The summed E-state index contributed by atoms with van der Waals surface area (Å²) < 4.78 is 15.6. The van der Waals surface area contributed by atoms with Crippen molar-refractivity contribution < 1.29 is 9.18 Å². The van der Waals surface area contributed by atoms with Crippen LogP contribution in [0.4, 0.5) is 4.39 Å². The van der Waals surface area contributed by atoms with Gasteiger partial charge in [-0.2, -0.15) is 0 Å². The van der Waals surface area contributed by atoms with Crippen LogP contribution in [0.1, 0.15) is 70.2 Å². The van der Waals surface area contributed by atoms with Crippen molar-refractivity contribution in [2.75, 3.05) is 25.4 Å². The highest BCUT2D eigenvalue weighted by atomic mass is 32.2. The molecule has 178 valence electrons. The first kappa shape index (κ1) is 24.0. The molecule has 0 radical (unpaired) electrons. The number of nitrogens with zero attached hydrogens (tertiary/aromatic N) is 4. The van der Waals surface area contributed by atoms with Crippen LogP contribution >= 0.6 is 11.8 Å². The highest BCUT2D eigenvalue weighted by Gasteiger charge is 2.25. The summed E-state index contributed by atoms with van der Waals surface area (Å²) in [5.41, 5.74) is 2.27. The van der Waals surface area contributed by atoms with Crippen LogP contribution in [0.2, 0.25) is 0 Å². The van der Waals surface area contributed by atoms with Crippen molar-refractivity contribution >= 4 is 17.7 Å². The van der Waals surface area contributed by atoms with Crippen LogP contribution in [0.5, 0.6) is 0 Å². The summed E-state index contributed by atoms with van der Waals surface area (Å²) in [6.07, 6.45) is 11.7. The van der Waals surface area contributed by atoms with E-state index in [1.54, 1.807) is 12.1 Å². The Morgan fingerprint density at radius 1 is 1.12 bits per heavy atom. The zero-order valence-electron chi connectivity index (χ0n) is 19.4. The van der Waals surface area contributed by atoms with Crippen molar-refractivity contribution in [1.82, 2.24) is 25.0 Å². The Bertz CT molecular complexity index is 952. The third kappa shape index (κ3) is 6.44. The number of amides is 1. The van der Waals surface area contributed by atoms with Gasteiger partial charge in [0.1, 0.15) is 5.82 Å². The lowest BCUT2D eigenvalue weighted by molar-refractivity contribution is -0.118. The van der Waals surface area contributed by atoms with Crippen LogP contribution in [-0.2, 0) is 4.79 Å². The Kier molecular flexibility index (Phi) is 8.56. The second kappa shape index (κ2) is 11.8. The second-order valence-corrected chi connectivity index (χ2v) is 9.86. The maximum absolute atomic E-state index is 13.6. The minimum absolute atomic E-state index is 0.00399. The van der Waals surface area contributed by atoms with Crippen LogP contribution in [0.3, 0.4) is 0 Å². The number of nitrogens with one attached hydrogen (secondary N) is 1. The minimum atomic E-state index is -0.279. The van der Waals surface area contributed by atoms with Gasteiger partial charge in [-0.1, -0.05) is 29.8 Å². The number of hydrogen-bond acceptors (Lipinski definition) is 5. The van der Waals surface area contributed by atoms with Crippen molar-refractivity contribution in [3.8, 4) is 5.69 Å². The SMILES string of the molecule is C[C@H](c1nnc(SCC(=O)NCCC2=CCCCC2)n1-c1ccc(F)cc1)N1CCCCC1. The predicted octanol–water partition coefficient (Wildman–Crippen LogP) is 5.05. The highest BCUT2D eigenvalue weighted by molar-refractivity contribution is 7.99. The number of piperidine rings is 1. The molecule has 1 saturated heterocycles. The molecule has 2 aliphatic rings. The van der Waals surface area contributed by atoms with E-state index in [4.69, 9.17) is 0 Å². The van der Waals surface area contributed by atoms with E-state index in [0.717, 1.165) is 43.9 Å². The molecule has 1 aromatic carbocycles. The monoisotopic (exact) mass is 471 g/mol. The Labute approximate surface area is 200 Å². The van der Waals surface area contributed by atoms with Crippen LogP contribution in [0, 0.1) is 5.82 Å². The summed E-state index contributed by atoms with van der Waals surface area (Å²) in [6, 6.07) is 6.48. The number of allylic oxidation sites excluding steroid dienone is 1. The van der Waals surface area contributed by atoms with Crippen molar-refractivity contribution in [3.05, 3.63) is 47.6 Å².